The van der Waals surface area contributed by atoms with Gasteiger partial charge < -0.3 is 4.90 Å². The summed E-state index contributed by atoms with van der Waals surface area (Å²) in [7, 11) is 0. The van der Waals surface area contributed by atoms with Crippen molar-refractivity contribution in [1.82, 2.24) is 4.90 Å². The second kappa shape index (κ2) is 4.27. The molecule has 1 unspecified atom stereocenters. The second-order valence-electron chi connectivity index (χ2n) is 5.43. The van der Waals surface area contributed by atoms with Crippen molar-refractivity contribution in [3.8, 4) is 11.1 Å². The van der Waals surface area contributed by atoms with E-state index in [-0.39, 0.29) is 0 Å². The Morgan fingerprint density at radius 1 is 0.947 bits per heavy atom. The lowest BCUT2D eigenvalue weighted by Gasteiger charge is -2.26. The number of hydrogen-bond donors (Lipinski definition) is 0. The summed E-state index contributed by atoms with van der Waals surface area (Å²) in [5.41, 5.74) is 5.68. The Bertz CT molecular complexity index is 627. The predicted octanol–water partition coefficient (Wildman–Crippen LogP) is 4.52. The van der Waals surface area contributed by atoms with Crippen LogP contribution < -0.4 is 0 Å². The van der Waals surface area contributed by atoms with Gasteiger partial charge in [0.15, 0.2) is 0 Å². The zero-order chi connectivity index (χ0) is 12.7. The molecule has 1 atom stereocenters. The third-order valence-electron chi connectivity index (χ3n) is 4.27. The number of benzene rings is 2. The molecule has 0 saturated heterocycles. The van der Waals surface area contributed by atoms with E-state index in [9.17, 15) is 0 Å². The maximum Gasteiger partial charge on any atom is 0.0546 e. The summed E-state index contributed by atoms with van der Waals surface area (Å²) in [4.78, 5) is 2.48. The van der Waals surface area contributed by atoms with Crippen LogP contribution in [0.25, 0.3) is 11.1 Å². The fourth-order valence-corrected chi connectivity index (χ4v) is 3.31. The molecule has 0 aliphatic carbocycles. The minimum Gasteiger partial charge on any atom is -0.366 e. The number of hydrogen-bond acceptors (Lipinski definition) is 1. The highest BCUT2D eigenvalue weighted by Gasteiger charge is 2.29. The lowest BCUT2D eigenvalue weighted by atomic mass is 9.96. The van der Waals surface area contributed by atoms with Crippen LogP contribution in [0.3, 0.4) is 0 Å². The zero-order valence-corrected chi connectivity index (χ0v) is 10.9. The van der Waals surface area contributed by atoms with Gasteiger partial charge >= 0.3 is 0 Å². The van der Waals surface area contributed by atoms with E-state index in [1.807, 2.05) is 0 Å². The normalized spacial score (nSPS) is 20.2. The lowest BCUT2D eigenvalue weighted by molar-refractivity contribution is 0.278. The lowest BCUT2D eigenvalue weighted by Crippen LogP contribution is -2.17. The van der Waals surface area contributed by atoms with E-state index in [1.165, 1.54) is 35.1 Å². The molecule has 1 nitrogen and oxygen atoms in total. The summed E-state index contributed by atoms with van der Waals surface area (Å²) in [5, 5.41) is 0. The van der Waals surface area contributed by atoms with Crippen LogP contribution in [-0.4, -0.2) is 4.90 Å². The van der Waals surface area contributed by atoms with Crippen molar-refractivity contribution in [2.75, 3.05) is 0 Å². The van der Waals surface area contributed by atoms with Gasteiger partial charge in [-0.05, 0) is 47.4 Å². The molecule has 0 bridgehead atoms. The molecule has 2 aliphatic heterocycles. The molecule has 2 heterocycles. The topological polar surface area (TPSA) is 3.24 Å². The Kier molecular flexibility index (Phi) is 2.44. The van der Waals surface area contributed by atoms with Gasteiger partial charge in [-0.3, -0.25) is 0 Å². The van der Waals surface area contributed by atoms with Crippen molar-refractivity contribution < 1.29 is 0 Å². The molecule has 2 aromatic carbocycles. The first-order valence-corrected chi connectivity index (χ1v) is 7.02. The largest absolute Gasteiger partial charge is 0.366 e. The molecular weight excluding hydrogens is 230 g/mol. The van der Waals surface area contributed by atoms with Crippen LogP contribution in [-0.2, 0) is 6.54 Å². The van der Waals surface area contributed by atoms with E-state index in [4.69, 9.17) is 0 Å². The minimum atomic E-state index is 0.616. The van der Waals surface area contributed by atoms with Gasteiger partial charge in [-0.2, -0.15) is 0 Å². The third-order valence-corrected chi connectivity index (χ3v) is 4.27. The van der Waals surface area contributed by atoms with Crippen LogP contribution in [0.2, 0.25) is 0 Å². The number of fused-ring (bicyclic) bond motifs is 3. The van der Waals surface area contributed by atoms with Gasteiger partial charge in [0.2, 0.25) is 0 Å². The SMILES string of the molecule is C1=CN2Cc3cc(-c4ccccc4)ccc3C2CC1. The van der Waals surface area contributed by atoms with Crippen LogP contribution >= 0.6 is 0 Å². The summed E-state index contributed by atoms with van der Waals surface area (Å²) in [6, 6.07) is 18.2. The third kappa shape index (κ3) is 1.77. The molecule has 0 spiro atoms. The van der Waals surface area contributed by atoms with Gasteiger partial charge in [0.1, 0.15) is 0 Å². The van der Waals surface area contributed by atoms with Crippen molar-refractivity contribution >= 4 is 0 Å². The molecule has 2 aromatic rings. The summed E-state index contributed by atoms with van der Waals surface area (Å²) in [6.07, 6.45) is 7.03. The Morgan fingerprint density at radius 2 is 1.84 bits per heavy atom. The molecule has 19 heavy (non-hydrogen) atoms. The molecular formula is C18H17N. The minimum absolute atomic E-state index is 0.616. The molecule has 1 heteroatoms. The molecule has 4 rings (SSSR count). The monoisotopic (exact) mass is 247 g/mol. The van der Waals surface area contributed by atoms with Crippen LogP contribution in [0.4, 0.5) is 0 Å². The van der Waals surface area contributed by atoms with E-state index >= 15 is 0 Å². The molecule has 0 amide bonds. The van der Waals surface area contributed by atoms with E-state index in [2.05, 4.69) is 65.7 Å². The maximum absolute atomic E-state index is 2.48. The van der Waals surface area contributed by atoms with Crippen LogP contribution in [0, 0.1) is 0 Å². The van der Waals surface area contributed by atoms with Crippen molar-refractivity contribution in [2.24, 2.45) is 0 Å². The number of allylic oxidation sites excluding steroid dienone is 1. The maximum atomic E-state index is 2.48. The van der Waals surface area contributed by atoms with Gasteiger partial charge in [-0.1, -0.05) is 48.5 Å². The highest BCUT2D eigenvalue weighted by Crippen LogP contribution is 2.40. The van der Waals surface area contributed by atoms with Gasteiger partial charge in [0.25, 0.3) is 0 Å². The van der Waals surface area contributed by atoms with Crippen LogP contribution in [0.15, 0.2) is 60.8 Å². The van der Waals surface area contributed by atoms with Crippen molar-refractivity contribution in [1.29, 1.82) is 0 Å². The highest BCUT2D eigenvalue weighted by molar-refractivity contribution is 5.65. The molecule has 94 valence electrons. The van der Waals surface area contributed by atoms with Gasteiger partial charge in [0, 0.05) is 6.54 Å². The van der Waals surface area contributed by atoms with Crippen molar-refractivity contribution in [3.05, 3.63) is 71.9 Å². The highest BCUT2D eigenvalue weighted by atomic mass is 15.2. The van der Waals surface area contributed by atoms with Gasteiger partial charge in [-0.15, -0.1) is 0 Å². The fraction of sp³-hybridized carbons (Fsp3) is 0.222. The van der Waals surface area contributed by atoms with Crippen LogP contribution in [0.1, 0.15) is 30.0 Å². The summed E-state index contributed by atoms with van der Waals surface area (Å²) < 4.78 is 0. The first kappa shape index (κ1) is 10.9. The Hall–Kier alpha value is -2.02. The molecule has 2 aliphatic rings. The Labute approximate surface area is 114 Å². The standard InChI is InChI=1S/C18H17N/c1-2-6-14(7-3-1)15-9-10-17-16(12-15)13-19-11-5-4-8-18(17)19/h1-3,5-7,9-12,18H,4,8,13H2. The molecule has 0 fully saturated rings. The van der Waals surface area contributed by atoms with Gasteiger partial charge in [0.05, 0.1) is 6.04 Å². The summed E-state index contributed by atoms with van der Waals surface area (Å²) >= 11 is 0. The molecule has 0 saturated carbocycles. The first-order valence-electron chi connectivity index (χ1n) is 7.02. The van der Waals surface area contributed by atoms with E-state index < -0.39 is 0 Å². The number of rotatable bonds is 1. The molecule has 0 N–H and O–H groups in total. The summed E-state index contributed by atoms with van der Waals surface area (Å²) in [6.45, 7) is 1.07. The summed E-state index contributed by atoms with van der Waals surface area (Å²) in [5.74, 6) is 0. The van der Waals surface area contributed by atoms with E-state index in [1.54, 1.807) is 0 Å². The smallest absolute Gasteiger partial charge is 0.0546 e. The molecule has 0 radical (unpaired) electrons. The van der Waals surface area contributed by atoms with E-state index in [0.717, 1.165) is 6.54 Å². The van der Waals surface area contributed by atoms with Crippen LogP contribution in [0.5, 0.6) is 0 Å². The molecule has 0 aromatic heterocycles. The Morgan fingerprint density at radius 3 is 2.74 bits per heavy atom. The number of nitrogens with zero attached hydrogens (tertiary/aromatic N) is 1. The van der Waals surface area contributed by atoms with Crippen molar-refractivity contribution in [3.63, 3.8) is 0 Å². The fourth-order valence-electron chi connectivity index (χ4n) is 3.31. The average molecular weight is 247 g/mol. The van der Waals surface area contributed by atoms with Gasteiger partial charge in [-0.25, -0.2) is 0 Å². The van der Waals surface area contributed by atoms with Crippen molar-refractivity contribution in [2.45, 2.75) is 25.4 Å². The second-order valence-corrected chi connectivity index (χ2v) is 5.43. The quantitative estimate of drug-likeness (QED) is 0.716. The Balaban J connectivity index is 1.75. The zero-order valence-electron chi connectivity index (χ0n) is 10.9. The van der Waals surface area contributed by atoms with E-state index in [0.29, 0.717) is 6.04 Å². The average Bonchev–Trinajstić information content (AvgIpc) is 2.86. The predicted molar refractivity (Wildman–Crippen MR) is 78.5 cm³/mol. The first-order chi connectivity index (χ1) is 9.42.